The highest BCUT2D eigenvalue weighted by atomic mass is 16.5. The van der Waals surface area contributed by atoms with E-state index >= 15 is 0 Å². The zero-order valence-corrected chi connectivity index (χ0v) is 6.47. The van der Waals surface area contributed by atoms with Gasteiger partial charge in [-0.3, -0.25) is 0 Å². The molecule has 0 aromatic carbocycles. The van der Waals surface area contributed by atoms with Gasteiger partial charge in [-0.2, -0.15) is 0 Å². The Hall–Kier alpha value is -0.300. The highest BCUT2D eigenvalue weighted by molar-refractivity contribution is 5.05. The van der Waals surface area contributed by atoms with Gasteiger partial charge < -0.3 is 4.74 Å². The summed E-state index contributed by atoms with van der Waals surface area (Å²) in [5.74, 6) is 0.745. The summed E-state index contributed by atoms with van der Waals surface area (Å²) in [6.45, 7) is 4.30. The molecule has 1 fully saturated rings. The predicted molar refractivity (Wildman–Crippen MR) is 40.8 cm³/mol. The van der Waals surface area contributed by atoms with Crippen molar-refractivity contribution < 1.29 is 4.74 Å². The van der Waals surface area contributed by atoms with Gasteiger partial charge in [-0.05, 0) is 18.8 Å². The van der Waals surface area contributed by atoms with Crippen molar-refractivity contribution in [2.24, 2.45) is 11.3 Å². The van der Waals surface area contributed by atoms with Gasteiger partial charge >= 0.3 is 0 Å². The molecule has 1 unspecified atom stereocenters. The summed E-state index contributed by atoms with van der Waals surface area (Å²) >= 11 is 0. The molecule has 0 aromatic heterocycles. The first-order valence-corrected chi connectivity index (χ1v) is 4.08. The Bertz CT molecular complexity index is 156. The third-order valence-corrected chi connectivity index (χ3v) is 2.98. The maximum absolute atomic E-state index is 5.25. The monoisotopic (exact) mass is 138 g/mol. The van der Waals surface area contributed by atoms with Crippen LogP contribution in [0.25, 0.3) is 0 Å². The number of hydrogen-bond acceptors (Lipinski definition) is 1. The molecule has 1 spiro atoms. The van der Waals surface area contributed by atoms with Crippen LogP contribution in [0.3, 0.4) is 0 Å². The average molecular weight is 138 g/mol. The summed E-state index contributed by atoms with van der Waals surface area (Å²) in [4.78, 5) is 0. The molecule has 56 valence electrons. The first-order valence-electron chi connectivity index (χ1n) is 4.08. The Morgan fingerprint density at radius 1 is 1.50 bits per heavy atom. The molecule has 1 heterocycles. The van der Waals surface area contributed by atoms with E-state index in [-0.39, 0.29) is 0 Å². The summed E-state index contributed by atoms with van der Waals surface area (Å²) in [5.41, 5.74) is 0.550. The number of allylic oxidation sites excluding steroid dienone is 2. The lowest BCUT2D eigenvalue weighted by Gasteiger charge is -2.46. The molecule has 1 nitrogen and oxygen atoms in total. The van der Waals surface area contributed by atoms with Gasteiger partial charge in [0.1, 0.15) is 0 Å². The van der Waals surface area contributed by atoms with Gasteiger partial charge in [0.05, 0.1) is 13.2 Å². The van der Waals surface area contributed by atoms with E-state index in [0.29, 0.717) is 5.41 Å². The van der Waals surface area contributed by atoms with E-state index in [1.807, 2.05) is 0 Å². The van der Waals surface area contributed by atoms with Crippen molar-refractivity contribution in [3.63, 3.8) is 0 Å². The normalized spacial score (nSPS) is 35.9. The topological polar surface area (TPSA) is 9.23 Å². The molecule has 1 heteroatoms. The van der Waals surface area contributed by atoms with Crippen LogP contribution in [-0.4, -0.2) is 13.2 Å². The van der Waals surface area contributed by atoms with Crippen LogP contribution in [0.4, 0.5) is 0 Å². The fourth-order valence-corrected chi connectivity index (χ4v) is 1.87. The highest BCUT2D eigenvalue weighted by Crippen LogP contribution is 2.43. The minimum atomic E-state index is 0.550. The van der Waals surface area contributed by atoms with Gasteiger partial charge in [0, 0.05) is 5.41 Å². The van der Waals surface area contributed by atoms with Gasteiger partial charge in [-0.15, -0.1) is 0 Å². The van der Waals surface area contributed by atoms with Gasteiger partial charge in [-0.1, -0.05) is 19.1 Å². The Morgan fingerprint density at radius 2 is 2.30 bits per heavy atom. The van der Waals surface area contributed by atoms with Crippen LogP contribution in [0.5, 0.6) is 0 Å². The molecule has 0 saturated carbocycles. The van der Waals surface area contributed by atoms with E-state index in [1.54, 1.807) is 0 Å². The van der Waals surface area contributed by atoms with Crippen molar-refractivity contribution in [2.75, 3.05) is 13.2 Å². The van der Waals surface area contributed by atoms with Crippen LogP contribution in [0, 0.1) is 11.3 Å². The fraction of sp³-hybridized carbons (Fsp3) is 0.778. The number of ether oxygens (including phenoxy) is 1. The van der Waals surface area contributed by atoms with Crippen molar-refractivity contribution in [1.29, 1.82) is 0 Å². The Kier molecular flexibility index (Phi) is 1.34. The van der Waals surface area contributed by atoms with Crippen LogP contribution in [0.1, 0.15) is 19.8 Å². The van der Waals surface area contributed by atoms with Gasteiger partial charge in [0.25, 0.3) is 0 Å². The molecule has 0 N–H and O–H groups in total. The highest BCUT2D eigenvalue weighted by Gasteiger charge is 2.42. The smallest absolute Gasteiger partial charge is 0.0550 e. The van der Waals surface area contributed by atoms with Crippen molar-refractivity contribution in [1.82, 2.24) is 0 Å². The standard InChI is InChI=1S/C9H14O/c1-8-4-2-3-5-9(8)6-10-7-9/h2,4,8H,3,5-7H2,1H3. The molecule has 1 atom stereocenters. The molecule has 2 rings (SSSR count). The zero-order chi connectivity index (χ0) is 7.03. The average Bonchev–Trinajstić information content (AvgIpc) is 1.85. The first kappa shape index (κ1) is 6.41. The molecular weight excluding hydrogens is 124 g/mol. The van der Waals surface area contributed by atoms with Crippen LogP contribution < -0.4 is 0 Å². The van der Waals surface area contributed by atoms with Crippen molar-refractivity contribution in [3.05, 3.63) is 12.2 Å². The largest absolute Gasteiger partial charge is 0.380 e. The SMILES string of the molecule is CC1C=CCCC12COC2. The fourth-order valence-electron chi connectivity index (χ4n) is 1.87. The van der Waals surface area contributed by atoms with Crippen LogP contribution >= 0.6 is 0 Å². The van der Waals surface area contributed by atoms with Crippen LogP contribution in [0.2, 0.25) is 0 Å². The molecule has 0 radical (unpaired) electrons. The second-order valence-electron chi connectivity index (χ2n) is 3.61. The third-order valence-electron chi connectivity index (χ3n) is 2.98. The first-order chi connectivity index (χ1) is 4.83. The molecule has 0 amide bonds. The minimum absolute atomic E-state index is 0.550. The molecule has 10 heavy (non-hydrogen) atoms. The predicted octanol–water partition coefficient (Wildman–Crippen LogP) is 1.99. The molecule has 2 aliphatic rings. The Balaban J connectivity index is 2.13. The van der Waals surface area contributed by atoms with Gasteiger partial charge in [0.15, 0.2) is 0 Å². The van der Waals surface area contributed by atoms with Crippen LogP contribution in [0.15, 0.2) is 12.2 Å². The van der Waals surface area contributed by atoms with E-state index in [0.717, 1.165) is 19.1 Å². The summed E-state index contributed by atoms with van der Waals surface area (Å²) in [7, 11) is 0. The van der Waals surface area contributed by atoms with E-state index in [9.17, 15) is 0 Å². The lowest BCUT2D eigenvalue weighted by Crippen LogP contribution is -2.47. The maximum Gasteiger partial charge on any atom is 0.0550 e. The van der Waals surface area contributed by atoms with Gasteiger partial charge in [0.2, 0.25) is 0 Å². The lowest BCUT2D eigenvalue weighted by molar-refractivity contribution is -0.139. The molecule has 1 aliphatic carbocycles. The molecule has 0 bridgehead atoms. The second-order valence-corrected chi connectivity index (χ2v) is 3.61. The summed E-state index contributed by atoms with van der Waals surface area (Å²) in [6.07, 6.45) is 7.23. The van der Waals surface area contributed by atoms with Crippen LogP contribution in [-0.2, 0) is 4.74 Å². The van der Waals surface area contributed by atoms with E-state index in [1.165, 1.54) is 12.8 Å². The molecule has 0 aromatic rings. The maximum atomic E-state index is 5.25. The van der Waals surface area contributed by atoms with E-state index in [2.05, 4.69) is 19.1 Å². The van der Waals surface area contributed by atoms with Crippen molar-refractivity contribution >= 4 is 0 Å². The van der Waals surface area contributed by atoms with Crippen molar-refractivity contribution in [3.8, 4) is 0 Å². The van der Waals surface area contributed by atoms with E-state index < -0.39 is 0 Å². The Morgan fingerprint density at radius 3 is 2.70 bits per heavy atom. The lowest BCUT2D eigenvalue weighted by atomic mass is 9.69. The Labute approximate surface area is 62.1 Å². The van der Waals surface area contributed by atoms with Gasteiger partial charge in [-0.25, -0.2) is 0 Å². The minimum Gasteiger partial charge on any atom is -0.380 e. The van der Waals surface area contributed by atoms with E-state index in [4.69, 9.17) is 4.74 Å². The number of hydrogen-bond donors (Lipinski definition) is 0. The molecular formula is C9H14O. The number of rotatable bonds is 0. The second kappa shape index (κ2) is 2.09. The zero-order valence-electron chi connectivity index (χ0n) is 6.47. The quantitative estimate of drug-likeness (QED) is 0.465. The van der Waals surface area contributed by atoms with Crippen molar-refractivity contribution in [2.45, 2.75) is 19.8 Å². The molecule has 1 aliphatic heterocycles. The summed E-state index contributed by atoms with van der Waals surface area (Å²) in [5, 5.41) is 0. The summed E-state index contributed by atoms with van der Waals surface area (Å²) < 4.78 is 5.25. The molecule has 1 saturated heterocycles. The third kappa shape index (κ3) is 0.734. The summed E-state index contributed by atoms with van der Waals surface area (Å²) in [6, 6.07) is 0.